The number of nitriles is 1. The fraction of sp³-hybridized carbons (Fsp3) is 0.944. The van der Waals surface area contributed by atoms with Gasteiger partial charge in [0, 0.05) is 5.92 Å². The summed E-state index contributed by atoms with van der Waals surface area (Å²) in [5, 5.41) is 9.01. The highest BCUT2D eigenvalue weighted by Gasteiger charge is 2.34. The molecule has 0 N–H and O–H groups in total. The largest absolute Gasteiger partial charge is 0.198 e. The molecule has 2 aliphatic rings. The second-order valence-electron chi connectivity index (χ2n) is 7.20. The Kier molecular flexibility index (Phi) is 5.74. The molecule has 1 heteroatoms. The summed E-state index contributed by atoms with van der Waals surface area (Å²) in [6.07, 6.45) is 13.7. The average Bonchev–Trinajstić information content (AvgIpc) is 2.45. The number of nitrogens with zero attached hydrogens (tertiary/aromatic N) is 1. The first-order chi connectivity index (χ1) is 9.24. The predicted octanol–water partition coefficient (Wildman–Crippen LogP) is 5.56. The summed E-state index contributed by atoms with van der Waals surface area (Å²) >= 11 is 0. The third-order valence-electron chi connectivity index (χ3n) is 5.87. The van der Waals surface area contributed by atoms with Crippen LogP contribution in [0.15, 0.2) is 0 Å². The molecule has 108 valence electrons. The lowest BCUT2D eigenvalue weighted by atomic mass is 9.64. The summed E-state index contributed by atoms with van der Waals surface area (Å²) in [6, 6.07) is 2.47. The van der Waals surface area contributed by atoms with E-state index < -0.39 is 0 Å². The van der Waals surface area contributed by atoms with E-state index in [1.54, 1.807) is 0 Å². The molecule has 0 aromatic carbocycles. The Hall–Kier alpha value is -0.510. The quantitative estimate of drug-likeness (QED) is 0.650. The van der Waals surface area contributed by atoms with E-state index in [2.05, 4.69) is 19.9 Å². The monoisotopic (exact) mass is 261 g/mol. The molecule has 2 rings (SSSR count). The van der Waals surface area contributed by atoms with Crippen molar-refractivity contribution in [3.63, 3.8) is 0 Å². The lowest BCUT2D eigenvalue weighted by molar-refractivity contribution is 0.0996. The van der Waals surface area contributed by atoms with Gasteiger partial charge in [-0.1, -0.05) is 39.5 Å². The van der Waals surface area contributed by atoms with Gasteiger partial charge < -0.3 is 0 Å². The Morgan fingerprint density at radius 2 is 1.79 bits per heavy atom. The van der Waals surface area contributed by atoms with Crippen molar-refractivity contribution in [1.29, 1.82) is 5.26 Å². The maximum atomic E-state index is 9.01. The summed E-state index contributed by atoms with van der Waals surface area (Å²) in [5.74, 6) is 4.22. The normalized spacial score (nSPS) is 39.7. The summed E-state index contributed by atoms with van der Waals surface area (Å²) in [6.45, 7) is 4.81. The van der Waals surface area contributed by atoms with Crippen molar-refractivity contribution in [1.82, 2.24) is 0 Å². The molecule has 1 unspecified atom stereocenters. The highest BCUT2D eigenvalue weighted by Crippen LogP contribution is 2.44. The van der Waals surface area contributed by atoms with Gasteiger partial charge in [-0.05, 0) is 62.2 Å². The van der Waals surface area contributed by atoms with Crippen molar-refractivity contribution in [2.24, 2.45) is 29.6 Å². The molecule has 1 nitrogen and oxygen atoms in total. The first kappa shape index (κ1) is 14.9. The maximum absolute atomic E-state index is 9.01. The van der Waals surface area contributed by atoms with Gasteiger partial charge in [0.2, 0.25) is 0 Å². The first-order valence-electron chi connectivity index (χ1n) is 8.64. The van der Waals surface area contributed by atoms with Crippen LogP contribution in [0.25, 0.3) is 0 Å². The van der Waals surface area contributed by atoms with Crippen LogP contribution in [-0.4, -0.2) is 0 Å². The highest BCUT2D eigenvalue weighted by molar-refractivity contribution is 4.90. The van der Waals surface area contributed by atoms with Gasteiger partial charge in [-0.2, -0.15) is 5.26 Å². The van der Waals surface area contributed by atoms with Crippen molar-refractivity contribution >= 4 is 0 Å². The van der Waals surface area contributed by atoms with E-state index in [9.17, 15) is 0 Å². The van der Waals surface area contributed by atoms with Crippen LogP contribution in [-0.2, 0) is 0 Å². The van der Waals surface area contributed by atoms with Gasteiger partial charge in [-0.25, -0.2) is 0 Å². The van der Waals surface area contributed by atoms with E-state index in [1.807, 2.05) is 0 Å². The van der Waals surface area contributed by atoms with E-state index in [0.717, 1.165) is 23.7 Å². The van der Waals surface area contributed by atoms with E-state index in [-0.39, 0.29) is 0 Å². The number of hydrogen-bond acceptors (Lipinski definition) is 1. The third-order valence-corrected chi connectivity index (χ3v) is 5.87. The molecule has 2 aliphatic carbocycles. The molecule has 0 spiro atoms. The Bertz CT molecular complexity index is 295. The minimum absolute atomic E-state index is 0.368. The van der Waals surface area contributed by atoms with Gasteiger partial charge in [0.1, 0.15) is 0 Å². The zero-order valence-corrected chi connectivity index (χ0v) is 12.9. The van der Waals surface area contributed by atoms with Crippen molar-refractivity contribution in [3.05, 3.63) is 0 Å². The van der Waals surface area contributed by atoms with Crippen LogP contribution >= 0.6 is 0 Å². The predicted molar refractivity (Wildman–Crippen MR) is 80.6 cm³/mol. The van der Waals surface area contributed by atoms with Crippen LogP contribution in [0.2, 0.25) is 0 Å². The zero-order valence-electron chi connectivity index (χ0n) is 12.9. The average molecular weight is 261 g/mol. The molecule has 0 aromatic rings. The van der Waals surface area contributed by atoms with E-state index >= 15 is 0 Å². The van der Waals surface area contributed by atoms with Crippen LogP contribution in [0.3, 0.4) is 0 Å². The molecule has 3 atom stereocenters. The maximum Gasteiger partial charge on any atom is 0.0655 e. The van der Waals surface area contributed by atoms with Crippen LogP contribution in [0.1, 0.15) is 78.1 Å². The minimum Gasteiger partial charge on any atom is -0.198 e. The molecule has 2 saturated carbocycles. The van der Waals surface area contributed by atoms with Crippen LogP contribution in [0, 0.1) is 40.9 Å². The van der Waals surface area contributed by atoms with Crippen molar-refractivity contribution < 1.29 is 0 Å². The first-order valence-corrected chi connectivity index (χ1v) is 8.64. The van der Waals surface area contributed by atoms with Gasteiger partial charge >= 0.3 is 0 Å². The fourth-order valence-electron chi connectivity index (χ4n) is 4.66. The number of unbranched alkanes of at least 4 members (excludes halogenated alkanes) is 1. The zero-order chi connectivity index (χ0) is 13.7. The molecular formula is C18H31N. The topological polar surface area (TPSA) is 23.8 Å². The van der Waals surface area contributed by atoms with Gasteiger partial charge in [-0.3, -0.25) is 0 Å². The Morgan fingerprint density at radius 1 is 1.05 bits per heavy atom. The highest BCUT2D eigenvalue weighted by atomic mass is 14.4. The Morgan fingerprint density at radius 3 is 2.37 bits per heavy atom. The minimum atomic E-state index is 0.368. The van der Waals surface area contributed by atoms with Crippen molar-refractivity contribution in [2.75, 3.05) is 0 Å². The summed E-state index contributed by atoms with van der Waals surface area (Å²) in [7, 11) is 0. The molecule has 0 heterocycles. The smallest absolute Gasteiger partial charge is 0.0655 e. The lowest BCUT2D eigenvalue weighted by Crippen LogP contribution is -2.31. The molecule has 2 fully saturated rings. The summed E-state index contributed by atoms with van der Waals surface area (Å²) < 4.78 is 0. The van der Waals surface area contributed by atoms with E-state index in [1.165, 1.54) is 64.2 Å². The molecule has 0 radical (unpaired) electrons. The van der Waals surface area contributed by atoms with Gasteiger partial charge in [0.15, 0.2) is 0 Å². The molecule has 19 heavy (non-hydrogen) atoms. The Balaban J connectivity index is 1.78. The SMILES string of the molecule is CCCC[C@H]1CCC(C2CCC(C#N)CC2)[C@H](C)C1. The fourth-order valence-corrected chi connectivity index (χ4v) is 4.66. The number of hydrogen-bond donors (Lipinski definition) is 0. The summed E-state index contributed by atoms with van der Waals surface area (Å²) in [4.78, 5) is 0. The lowest BCUT2D eigenvalue weighted by Gasteiger charge is -2.41. The Labute approximate surface area is 119 Å². The molecule has 0 amide bonds. The molecular weight excluding hydrogens is 230 g/mol. The van der Waals surface area contributed by atoms with Crippen LogP contribution in [0.4, 0.5) is 0 Å². The molecule has 0 saturated heterocycles. The van der Waals surface area contributed by atoms with Gasteiger partial charge in [-0.15, -0.1) is 0 Å². The second-order valence-corrected chi connectivity index (χ2v) is 7.20. The van der Waals surface area contributed by atoms with E-state index in [4.69, 9.17) is 5.26 Å². The van der Waals surface area contributed by atoms with Gasteiger partial charge in [0.25, 0.3) is 0 Å². The van der Waals surface area contributed by atoms with Crippen molar-refractivity contribution in [3.8, 4) is 6.07 Å². The third kappa shape index (κ3) is 3.98. The molecule has 0 aromatic heterocycles. The summed E-state index contributed by atoms with van der Waals surface area (Å²) in [5.41, 5.74) is 0. The number of rotatable bonds is 4. The second kappa shape index (κ2) is 7.32. The molecule has 0 bridgehead atoms. The van der Waals surface area contributed by atoms with Crippen molar-refractivity contribution in [2.45, 2.75) is 78.1 Å². The van der Waals surface area contributed by atoms with Crippen LogP contribution in [0.5, 0.6) is 0 Å². The molecule has 0 aliphatic heterocycles. The van der Waals surface area contributed by atoms with Crippen LogP contribution < -0.4 is 0 Å². The standard InChI is InChI=1S/C18H31N/c1-3-4-5-15-8-11-18(14(2)12-15)17-9-6-16(13-19)7-10-17/h14-18H,3-12H2,1-2H3/t14-,15+,16?,17?,18?/m1/s1. The van der Waals surface area contributed by atoms with E-state index in [0.29, 0.717) is 5.92 Å². The van der Waals surface area contributed by atoms with Gasteiger partial charge in [0.05, 0.1) is 6.07 Å².